The highest BCUT2D eigenvalue weighted by molar-refractivity contribution is 7.12. The maximum absolute atomic E-state index is 6.36. The molecule has 0 spiro atoms. The maximum atomic E-state index is 6.36. The molecule has 0 amide bonds. The fourth-order valence-corrected chi connectivity index (χ4v) is 4.60. The molecule has 0 fully saturated rings. The van der Waals surface area contributed by atoms with Gasteiger partial charge in [0.1, 0.15) is 0 Å². The highest BCUT2D eigenvalue weighted by Gasteiger charge is 2.24. The Morgan fingerprint density at radius 1 is 1.45 bits per heavy atom. The summed E-state index contributed by atoms with van der Waals surface area (Å²) in [5.41, 5.74) is 2.62. The zero-order valence-corrected chi connectivity index (χ0v) is 13.5. The molecular weight excluding hydrogens is 290 g/mol. The Labute approximate surface area is 129 Å². The van der Waals surface area contributed by atoms with Crippen LogP contribution < -0.4 is 5.32 Å². The SMILES string of the molecule is CCn1ncc(Cl)c1C(NC)c1cc2c(s1)CCCC2. The Kier molecular flexibility index (Phi) is 4.15. The highest BCUT2D eigenvalue weighted by Crippen LogP contribution is 2.37. The number of aromatic nitrogens is 2. The standard InChI is InChI=1S/C15H20ClN3S/c1-3-19-15(11(16)9-18-19)14(17-2)13-8-10-6-4-5-7-12(10)20-13/h8-9,14,17H,3-7H2,1-2H3. The van der Waals surface area contributed by atoms with Crippen molar-refractivity contribution in [1.82, 2.24) is 15.1 Å². The molecule has 5 heteroatoms. The topological polar surface area (TPSA) is 29.9 Å². The minimum atomic E-state index is 0.139. The molecule has 0 radical (unpaired) electrons. The van der Waals surface area contributed by atoms with Crippen LogP contribution in [0.4, 0.5) is 0 Å². The third kappa shape index (κ3) is 2.41. The Balaban J connectivity index is 2.01. The van der Waals surface area contributed by atoms with Gasteiger partial charge in [-0.3, -0.25) is 4.68 Å². The average molecular weight is 310 g/mol. The van der Waals surface area contributed by atoms with Crippen LogP contribution in [0.15, 0.2) is 12.3 Å². The van der Waals surface area contributed by atoms with Crippen molar-refractivity contribution >= 4 is 22.9 Å². The summed E-state index contributed by atoms with van der Waals surface area (Å²) < 4.78 is 1.99. The molecule has 1 aliphatic carbocycles. The van der Waals surface area contributed by atoms with Crippen molar-refractivity contribution in [3.8, 4) is 0 Å². The quantitative estimate of drug-likeness (QED) is 0.931. The van der Waals surface area contributed by atoms with E-state index in [9.17, 15) is 0 Å². The first kappa shape index (κ1) is 14.1. The fourth-order valence-electron chi connectivity index (χ4n) is 2.98. The summed E-state index contributed by atoms with van der Waals surface area (Å²) in [6, 6.07) is 2.50. The molecular formula is C15H20ClN3S. The minimum Gasteiger partial charge on any atom is -0.307 e. The Morgan fingerprint density at radius 2 is 2.25 bits per heavy atom. The number of aryl methyl sites for hydroxylation is 3. The lowest BCUT2D eigenvalue weighted by atomic mass is 9.98. The highest BCUT2D eigenvalue weighted by atomic mass is 35.5. The normalized spacial score (nSPS) is 16.1. The van der Waals surface area contributed by atoms with Crippen molar-refractivity contribution in [2.45, 2.75) is 45.2 Å². The number of halogens is 1. The van der Waals surface area contributed by atoms with Crippen LogP contribution in [0.1, 0.15) is 46.8 Å². The summed E-state index contributed by atoms with van der Waals surface area (Å²) in [6.45, 7) is 2.93. The first-order chi connectivity index (χ1) is 9.74. The molecule has 3 nitrogen and oxygen atoms in total. The first-order valence-corrected chi connectivity index (χ1v) is 8.44. The summed E-state index contributed by atoms with van der Waals surface area (Å²) >= 11 is 8.29. The molecule has 0 aliphatic heterocycles. The molecule has 1 N–H and O–H groups in total. The molecule has 0 bridgehead atoms. The van der Waals surface area contributed by atoms with Crippen LogP contribution in [0.5, 0.6) is 0 Å². The van der Waals surface area contributed by atoms with Crippen molar-refractivity contribution in [2.75, 3.05) is 7.05 Å². The molecule has 2 aromatic rings. The Hall–Kier alpha value is -0.840. The number of nitrogens with zero attached hydrogens (tertiary/aromatic N) is 2. The van der Waals surface area contributed by atoms with E-state index in [1.807, 2.05) is 23.1 Å². The van der Waals surface area contributed by atoms with E-state index < -0.39 is 0 Å². The van der Waals surface area contributed by atoms with Gasteiger partial charge in [-0.1, -0.05) is 11.6 Å². The molecule has 1 unspecified atom stereocenters. The maximum Gasteiger partial charge on any atom is 0.0854 e. The third-order valence-corrected chi connectivity index (χ3v) is 5.59. The Bertz CT molecular complexity index is 579. The van der Waals surface area contributed by atoms with Crippen molar-refractivity contribution in [2.24, 2.45) is 0 Å². The lowest BCUT2D eigenvalue weighted by Crippen LogP contribution is -2.20. The second-order valence-electron chi connectivity index (χ2n) is 5.22. The predicted molar refractivity (Wildman–Crippen MR) is 84.8 cm³/mol. The zero-order valence-electron chi connectivity index (χ0n) is 11.9. The zero-order chi connectivity index (χ0) is 14.1. The predicted octanol–water partition coefficient (Wildman–Crippen LogP) is 3.81. The summed E-state index contributed by atoms with van der Waals surface area (Å²) in [5.74, 6) is 0. The first-order valence-electron chi connectivity index (χ1n) is 7.24. The monoisotopic (exact) mass is 309 g/mol. The van der Waals surface area contributed by atoms with E-state index in [0.29, 0.717) is 0 Å². The van der Waals surface area contributed by atoms with Crippen molar-refractivity contribution in [3.63, 3.8) is 0 Å². The number of thiophene rings is 1. The number of fused-ring (bicyclic) bond motifs is 1. The van der Waals surface area contributed by atoms with E-state index in [2.05, 4.69) is 23.4 Å². The number of hydrogen-bond acceptors (Lipinski definition) is 3. The van der Waals surface area contributed by atoms with E-state index >= 15 is 0 Å². The van der Waals surface area contributed by atoms with E-state index in [1.165, 1.54) is 36.1 Å². The molecule has 0 saturated heterocycles. The molecule has 1 atom stereocenters. The smallest absolute Gasteiger partial charge is 0.0854 e. The van der Waals surface area contributed by atoms with Crippen molar-refractivity contribution < 1.29 is 0 Å². The molecule has 0 saturated carbocycles. The number of rotatable bonds is 4. The van der Waals surface area contributed by atoms with E-state index in [1.54, 1.807) is 11.1 Å². The van der Waals surface area contributed by atoms with Crippen LogP contribution in [0.3, 0.4) is 0 Å². The van der Waals surface area contributed by atoms with Crippen LogP contribution in [0.25, 0.3) is 0 Å². The third-order valence-electron chi connectivity index (χ3n) is 4.00. The van der Waals surface area contributed by atoms with Crippen molar-refractivity contribution in [1.29, 1.82) is 0 Å². The largest absolute Gasteiger partial charge is 0.307 e. The van der Waals surface area contributed by atoms with Crippen LogP contribution >= 0.6 is 22.9 Å². The van der Waals surface area contributed by atoms with Gasteiger partial charge in [-0.2, -0.15) is 5.10 Å². The van der Waals surface area contributed by atoms with Crippen LogP contribution in [-0.2, 0) is 19.4 Å². The van der Waals surface area contributed by atoms with Gasteiger partial charge in [0.05, 0.1) is 23.0 Å². The summed E-state index contributed by atoms with van der Waals surface area (Å²) in [4.78, 5) is 2.92. The van der Waals surface area contributed by atoms with Crippen LogP contribution in [-0.4, -0.2) is 16.8 Å². The lowest BCUT2D eigenvalue weighted by molar-refractivity contribution is 0.567. The van der Waals surface area contributed by atoms with Gasteiger partial charge >= 0.3 is 0 Å². The van der Waals surface area contributed by atoms with Crippen molar-refractivity contribution in [3.05, 3.63) is 38.3 Å². The van der Waals surface area contributed by atoms with Crippen LogP contribution in [0, 0.1) is 0 Å². The molecule has 1 aliphatic rings. The van der Waals surface area contributed by atoms with Gasteiger partial charge < -0.3 is 5.32 Å². The summed E-state index contributed by atoms with van der Waals surface area (Å²) in [6.07, 6.45) is 6.85. The average Bonchev–Trinajstić information content (AvgIpc) is 3.04. The van der Waals surface area contributed by atoms with Crippen LogP contribution in [0.2, 0.25) is 5.02 Å². The molecule has 2 heterocycles. The second-order valence-corrected chi connectivity index (χ2v) is 6.80. The van der Waals surface area contributed by atoms with Gasteiger partial charge in [-0.15, -0.1) is 11.3 Å². The van der Waals surface area contributed by atoms with Gasteiger partial charge in [0.25, 0.3) is 0 Å². The van der Waals surface area contributed by atoms with Gasteiger partial charge in [-0.25, -0.2) is 0 Å². The van der Waals surface area contributed by atoms with Gasteiger partial charge in [0.15, 0.2) is 0 Å². The molecule has 108 valence electrons. The van der Waals surface area contributed by atoms with Gasteiger partial charge in [0, 0.05) is 16.3 Å². The summed E-state index contributed by atoms with van der Waals surface area (Å²) in [5, 5.41) is 8.52. The lowest BCUT2D eigenvalue weighted by Gasteiger charge is -2.16. The number of hydrogen-bond donors (Lipinski definition) is 1. The van der Waals surface area contributed by atoms with E-state index in [-0.39, 0.29) is 6.04 Å². The van der Waals surface area contributed by atoms with E-state index in [0.717, 1.165) is 17.3 Å². The molecule has 0 aromatic carbocycles. The van der Waals surface area contributed by atoms with Gasteiger partial charge in [-0.05, 0) is 51.3 Å². The minimum absolute atomic E-state index is 0.139. The second kappa shape index (κ2) is 5.88. The van der Waals surface area contributed by atoms with E-state index in [4.69, 9.17) is 11.6 Å². The molecule has 3 rings (SSSR count). The molecule has 2 aromatic heterocycles. The van der Waals surface area contributed by atoms with Gasteiger partial charge in [0.2, 0.25) is 0 Å². The fraction of sp³-hybridized carbons (Fsp3) is 0.533. The molecule has 20 heavy (non-hydrogen) atoms. The number of nitrogens with one attached hydrogen (secondary N) is 1. The summed E-state index contributed by atoms with van der Waals surface area (Å²) in [7, 11) is 1.99. The Morgan fingerprint density at radius 3 is 2.95 bits per heavy atom.